The summed E-state index contributed by atoms with van der Waals surface area (Å²) in [4.78, 5) is 25.6. The molecule has 9 heteroatoms. The average molecular weight is 538 g/mol. The van der Waals surface area contributed by atoms with Gasteiger partial charge >= 0.3 is 0 Å². The molecule has 4 rings (SSSR count). The van der Waals surface area contributed by atoms with Crippen LogP contribution in [-0.2, 0) is 11.4 Å². The third kappa shape index (κ3) is 6.37. The zero-order chi connectivity index (χ0) is 27.4. The number of aryl methyl sites for hydroxylation is 2. The number of piperazine rings is 1. The molecular formula is C29H36ClN5O3. The van der Waals surface area contributed by atoms with Gasteiger partial charge in [0, 0.05) is 31.2 Å². The van der Waals surface area contributed by atoms with Crippen molar-refractivity contribution in [2.24, 2.45) is 5.73 Å². The number of hydrogen-bond donors (Lipinski definition) is 1. The van der Waals surface area contributed by atoms with Crippen molar-refractivity contribution in [3.05, 3.63) is 63.8 Å². The molecule has 202 valence electrons. The van der Waals surface area contributed by atoms with Crippen molar-refractivity contribution < 1.29 is 14.3 Å². The van der Waals surface area contributed by atoms with E-state index in [0.29, 0.717) is 55.3 Å². The van der Waals surface area contributed by atoms with Crippen molar-refractivity contribution in [3.63, 3.8) is 0 Å². The summed E-state index contributed by atoms with van der Waals surface area (Å²) < 4.78 is 12.0. The lowest BCUT2D eigenvalue weighted by Gasteiger charge is -2.36. The Balaban J connectivity index is 1.71. The quantitative estimate of drug-likeness (QED) is 0.421. The Morgan fingerprint density at radius 3 is 2.45 bits per heavy atom. The van der Waals surface area contributed by atoms with Crippen LogP contribution in [0.3, 0.4) is 0 Å². The van der Waals surface area contributed by atoms with Gasteiger partial charge < -0.3 is 20.1 Å². The van der Waals surface area contributed by atoms with Crippen LogP contribution in [0.1, 0.15) is 42.1 Å². The van der Waals surface area contributed by atoms with Gasteiger partial charge in [-0.15, -0.1) is 0 Å². The molecule has 1 saturated heterocycles. The molecule has 38 heavy (non-hydrogen) atoms. The second-order valence-electron chi connectivity index (χ2n) is 9.98. The molecule has 2 aromatic carbocycles. The second-order valence-corrected chi connectivity index (χ2v) is 10.4. The van der Waals surface area contributed by atoms with Gasteiger partial charge in [0.05, 0.1) is 30.5 Å². The summed E-state index contributed by atoms with van der Waals surface area (Å²) in [5.41, 5.74) is 10.2. The lowest BCUT2D eigenvalue weighted by Crippen LogP contribution is -2.49. The molecule has 1 aromatic heterocycles. The maximum atomic E-state index is 11.4. The molecule has 1 aliphatic heterocycles. The van der Waals surface area contributed by atoms with Gasteiger partial charge in [-0.1, -0.05) is 37.6 Å². The second kappa shape index (κ2) is 12.0. The molecule has 0 unspecified atom stereocenters. The standard InChI is InChI=1S/C29H36ClN5O3/c1-18(2)21-7-6-19(3)26(14-21)38-17-24-20(4)32-28(23-15-22(30)8-9-25(23)37-5)33-29(24)35-12-10-34(11-13-35)16-27(31)36/h6-9,14-15,18H,10-13,16-17H2,1-5H3,(H2,31,36). The zero-order valence-corrected chi connectivity index (χ0v) is 23.5. The Bertz CT molecular complexity index is 1310. The number of rotatable bonds is 9. The first-order valence-electron chi connectivity index (χ1n) is 12.9. The number of hydrogen-bond acceptors (Lipinski definition) is 7. The van der Waals surface area contributed by atoms with Gasteiger partial charge in [0.2, 0.25) is 5.91 Å². The molecule has 0 radical (unpaired) electrons. The summed E-state index contributed by atoms with van der Waals surface area (Å²) >= 11 is 6.32. The molecule has 2 heterocycles. The molecule has 0 atom stereocenters. The monoisotopic (exact) mass is 537 g/mol. The van der Waals surface area contributed by atoms with E-state index in [1.54, 1.807) is 13.2 Å². The Morgan fingerprint density at radius 1 is 1.05 bits per heavy atom. The van der Waals surface area contributed by atoms with E-state index in [1.807, 2.05) is 19.1 Å². The van der Waals surface area contributed by atoms with E-state index in [-0.39, 0.29) is 12.5 Å². The van der Waals surface area contributed by atoms with Gasteiger partial charge in [-0.05, 0) is 55.2 Å². The van der Waals surface area contributed by atoms with E-state index in [9.17, 15) is 4.79 Å². The summed E-state index contributed by atoms with van der Waals surface area (Å²) in [6.45, 7) is 11.8. The average Bonchev–Trinajstić information content (AvgIpc) is 2.88. The predicted octanol–water partition coefficient (Wildman–Crippen LogP) is 4.73. The summed E-state index contributed by atoms with van der Waals surface area (Å²) in [6.07, 6.45) is 0. The Morgan fingerprint density at radius 2 is 1.79 bits per heavy atom. The van der Waals surface area contributed by atoms with E-state index in [0.717, 1.165) is 34.0 Å². The maximum absolute atomic E-state index is 11.4. The van der Waals surface area contributed by atoms with Crippen LogP contribution in [0.4, 0.5) is 5.82 Å². The highest BCUT2D eigenvalue weighted by Crippen LogP contribution is 2.34. The number of primary amides is 1. The number of nitrogens with zero attached hydrogens (tertiary/aromatic N) is 4. The fourth-order valence-corrected chi connectivity index (χ4v) is 4.78. The highest BCUT2D eigenvalue weighted by Gasteiger charge is 2.25. The van der Waals surface area contributed by atoms with E-state index in [1.165, 1.54) is 5.56 Å². The van der Waals surface area contributed by atoms with Crippen LogP contribution in [0.25, 0.3) is 11.4 Å². The van der Waals surface area contributed by atoms with Gasteiger partial charge in [0.15, 0.2) is 5.82 Å². The van der Waals surface area contributed by atoms with Crippen molar-refractivity contribution in [2.75, 3.05) is 44.7 Å². The molecule has 3 aromatic rings. The Hall–Kier alpha value is -3.36. The van der Waals surface area contributed by atoms with Crippen LogP contribution in [0.2, 0.25) is 5.02 Å². The van der Waals surface area contributed by atoms with Crippen molar-refractivity contribution in [3.8, 4) is 22.9 Å². The summed E-state index contributed by atoms with van der Waals surface area (Å²) in [5, 5.41) is 0.580. The topological polar surface area (TPSA) is 93.8 Å². The number of amides is 1. The number of anilines is 1. The smallest absolute Gasteiger partial charge is 0.231 e. The highest BCUT2D eigenvalue weighted by atomic mass is 35.5. The number of nitrogens with two attached hydrogens (primary N) is 1. The molecular weight excluding hydrogens is 502 g/mol. The van der Waals surface area contributed by atoms with Crippen LogP contribution >= 0.6 is 11.6 Å². The minimum atomic E-state index is -0.320. The molecule has 0 saturated carbocycles. The van der Waals surface area contributed by atoms with Gasteiger partial charge in [-0.3, -0.25) is 9.69 Å². The summed E-state index contributed by atoms with van der Waals surface area (Å²) in [7, 11) is 1.62. The summed E-state index contributed by atoms with van der Waals surface area (Å²) in [5.74, 6) is 2.94. The van der Waals surface area contributed by atoms with E-state index >= 15 is 0 Å². The lowest BCUT2D eigenvalue weighted by molar-refractivity contribution is -0.119. The molecule has 8 nitrogen and oxygen atoms in total. The van der Waals surface area contributed by atoms with Gasteiger partial charge in [-0.2, -0.15) is 0 Å². The van der Waals surface area contributed by atoms with Crippen LogP contribution < -0.4 is 20.1 Å². The maximum Gasteiger partial charge on any atom is 0.231 e. The number of benzene rings is 2. The van der Waals surface area contributed by atoms with Crippen molar-refractivity contribution in [1.82, 2.24) is 14.9 Å². The Kier molecular flexibility index (Phi) is 8.74. The van der Waals surface area contributed by atoms with Crippen LogP contribution in [0.5, 0.6) is 11.5 Å². The molecule has 0 aliphatic carbocycles. The SMILES string of the molecule is COc1ccc(Cl)cc1-c1nc(C)c(COc2cc(C(C)C)ccc2C)c(N2CCN(CC(N)=O)CC2)n1. The largest absolute Gasteiger partial charge is 0.496 e. The zero-order valence-electron chi connectivity index (χ0n) is 22.8. The van der Waals surface area contributed by atoms with E-state index < -0.39 is 0 Å². The van der Waals surface area contributed by atoms with Gasteiger partial charge in [0.1, 0.15) is 23.9 Å². The van der Waals surface area contributed by atoms with Crippen molar-refractivity contribution in [1.29, 1.82) is 0 Å². The number of methoxy groups -OCH3 is 1. The molecule has 0 bridgehead atoms. The van der Waals surface area contributed by atoms with Gasteiger partial charge in [0.25, 0.3) is 0 Å². The first-order valence-corrected chi connectivity index (χ1v) is 13.2. The molecule has 2 N–H and O–H groups in total. The first kappa shape index (κ1) is 27.7. The summed E-state index contributed by atoms with van der Waals surface area (Å²) in [6, 6.07) is 11.8. The highest BCUT2D eigenvalue weighted by molar-refractivity contribution is 6.30. The van der Waals surface area contributed by atoms with Crippen LogP contribution in [0.15, 0.2) is 36.4 Å². The van der Waals surface area contributed by atoms with Crippen molar-refractivity contribution in [2.45, 2.75) is 40.2 Å². The van der Waals surface area contributed by atoms with Crippen LogP contribution in [0, 0.1) is 13.8 Å². The fraction of sp³-hybridized carbons (Fsp3) is 0.414. The molecule has 1 aliphatic rings. The minimum Gasteiger partial charge on any atom is -0.496 e. The number of carbonyl (C=O) groups is 1. The molecule has 1 fully saturated rings. The van der Waals surface area contributed by atoms with Crippen molar-refractivity contribution >= 4 is 23.3 Å². The molecule has 1 amide bonds. The number of halogens is 1. The molecule has 0 spiro atoms. The lowest BCUT2D eigenvalue weighted by atomic mass is 10.0. The van der Waals surface area contributed by atoms with Gasteiger partial charge in [-0.25, -0.2) is 9.97 Å². The number of ether oxygens (including phenoxy) is 2. The number of aromatic nitrogens is 2. The van der Waals surface area contributed by atoms with Crippen LogP contribution in [-0.4, -0.2) is 60.6 Å². The Labute approximate surface area is 229 Å². The minimum absolute atomic E-state index is 0.253. The predicted molar refractivity (Wildman–Crippen MR) is 151 cm³/mol. The fourth-order valence-electron chi connectivity index (χ4n) is 4.61. The van der Waals surface area contributed by atoms with E-state index in [4.69, 9.17) is 36.8 Å². The normalized spacial score (nSPS) is 14.1. The third-order valence-corrected chi connectivity index (χ3v) is 7.13. The number of carbonyl (C=O) groups excluding carboxylic acids is 1. The van der Waals surface area contributed by atoms with E-state index in [2.05, 4.69) is 48.8 Å². The first-order chi connectivity index (χ1) is 18.2. The third-order valence-electron chi connectivity index (χ3n) is 6.90.